The third kappa shape index (κ3) is 3.91. The van der Waals surface area contributed by atoms with Gasteiger partial charge in [0.25, 0.3) is 5.91 Å². The second-order valence-electron chi connectivity index (χ2n) is 7.90. The molecule has 0 radical (unpaired) electrons. The molecule has 2 aromatic rings. The van der Waals surface area contributed by atoms with Gasteiger partial charge in [-0.2, -0.15) is 0 Å². The zero-order chi connectivity index (χ0) is 20.6. The van der Waals surface area contributed by atoms with Crippen LogP contribution in [0.25, 0.3) is 0 Å². The summed E-state index contributed by atoms with van der Waals surface area (Å²) in [5.41, 5.74) is 7.49. The number of nitrogen functional groups attached to an aromatic ring is 1. The van der Waals surface area contributed by atoms with Gasteiger partial charge in [0.15, 0.2) is 0 Å². The van der Waals surface area contributed by atoms with Gasteiger partial charge in [0, 0.05) is 23.7 Å². The summed E-state index contributed by atoms with van der Waals surface area (Å²) in [4.78, 5) is 15.7. The molecule has 4 rings (SSSR count). The first-order chi connectivity index (χ1) is 13.9. The van der Waals surface area contributed by atoms with Crippen molar-refractivity contribution in [1.29, 1.82) is 0 Å². The van der Waals surface area contributed by atoms with Gasteiger partial charge in [-0.05, 0) is 55.9 Å². The molecule has 2 aromatic carbocycles. The summed E-state index contributed by atoms with van der Waals surface area (Å²) in [5, 5.41) is 4.40. The second-order valence-corrected chi connectivity index (χ2v) is 8.74. The van der Waals surface area contributed by atoms with Crippen molar-refractivity contribution in [3.05, 3.63) is 57.6 Å². The van der Waals surface area contributed by atoms with Gasteiger partial charge < -0.3 is 15.8 Å². The zero-order valence-electron chi connectivity index (χ0n) is 16.4. The molecule has 0 spiro atoms. The number of nitrogens with zero attached hydrogens (tertiary/aromatic N) is 1. The molecule has 0 aliphatic carbocycles. The van der Waals surface area contributed by atoms with Crippen molar-refractivity contribution in [3.8, 4) is 5.75 Å². The average molecular weight is 434 g/mol. The van der Waals surface area contributed by atoms with Gasteiger partial charge in [-0.3, -0.25) is 9.69 Å². The predicted octanol–water partition coefficient (Wildman–Crippen LogP) is 4.86. The standard InChI is InChI=1S/C22H25Cl2N3O2/c1-29-20-12-19(25)18(24)11-17(20)21(28)26-22-9-2-3-16(8-10-22)27(22)13-14-4-6-15(23)7-5-14/h4-7,11-12,16H,2-3,8-10,13,25H2,1H3,(H,26,28). The summed E-state index contributed by atoms with van der Waals surface area (Å²) in [6.45, 7) is 0.780. The van der Waals surface area contributed by atoms with E-state index in [2.05, 4.69) is 22.3 Å². The number of ether oxygens (including phenoxy) is 1. The molecule has 2 saturated heterocycles. The maximum Gasteiger partial charge on any atom is 0.256 e. The second kappa shape index (κ2) is 8.05. The van der Waals surface area contributed by atoms with Gasteiger partial charge in [0.1, 0.15) is 5.75 Å². The van der Waals surface area contributed by atoms with E-state index in [-0.39, 0.29) is 11.6 Å². The number of anilines is 1. The highest BCUT2D eigenvalue weighted by molar-refractivity contribution is 6.33. The number of carbonyl (C=O) groups is 1. The molecular weight excluding hydrogens is 409 g/mol. The normalized spacial score (nSPS) is 23.8. The Kier molecular flexibility index (Phi) is 5.65. The number of fused-ring (bicyclic) bond motifs is 2. The van der Waals surface area contributed by atoms with E-state index in [0.717, 1.165) is 43.7 Å². The fourth-order valence-corrected chi connectivity index (χ4v) is 5.00. The number of hydrogen-bond donors (Lipinski definition) is 2. The van der Waals surface area contributed by atoms with Crippen molar-refractivity contribution in [1.82, 2.24) is 10.2 Å². The van der Waals surface area contributed by atoms with Crippen LogP contribution < -0.4 is 15.8 Å². The van der Waals surface area contributed by atoms with Crippen LogP contribution in [0.5, 0.6) is 5.75 Å². The molecule has 2 unspecified atom stereocenters. The molecule has 7 heteroatoms. The van der Waals surface area contributed by atoms with Gasteiger partial charge in [-0.15, -0.1) is 0 Å². The van der Waals surface area contributed by atoms with E-state index in [4.69, 9.17) is 33.7 Å². The number of methoxy groups -OCH3 is 1. The Morgan fingerprint density at radius 1 is 1.24 bits per heavy atom. The van der Waals surface area contributed by atoms with E-state index in [0.29, 0.717) is 28.1 Å². The van der Waals surface area contributed by atoms with E-state index in [1.807, 2.05) is 12.1 Å². The topological polar surface area (TPSA) is 67.6 Å². The molecule has 2 aliphatic heterocycles. The minimum atomic E-state index is -0.363. The zero-order valence-corrected chi connectivity index (χ0v) is 17.9. The van der Waals surface area contributed by atoms with Crippen molar-refractivity contribution in [3.63, 3.8) is 0 Å². The van der Waals surface area contributed by atoms with Gasteiger partial charge in [-0.25, -0.2) is 0 Å². The minimum absolute atomic E-state index is 0.188. The first-order valence-electron chi connectivity index (χ1n) is 9.88. The summed E-state index contributed by atoms with van der Waals surface area (Å²) in [6, 6.07) is 11.6. The number of benzene rings is 2. The van der Waals surface area contributed by atoms with Crippen LogP contribution in [0.15, 0.2) is 36.4 Å². The highest BCUT2D eigenvalue weighted by Crippen LogP contribution is 2.44. The maximum absolute atomic E-state index is 13.2. The molecule has 2 bridgehead atoms. The van der Waals surface area contributed by atoms with Crippen molar-refractivity contribution in [2.24, 2.45) is 0 Å². The molecular formula is C22H25Cl2N3O2. The van der Waals surface area contributed by atoms with Crippen LogP contribution in [0.2, 0.25) is 10.0 Å². The number of amides is 1. The molecule has 154 valence electrons. The lowest BCUT2D eigenvalue weighted by atomic mass is 9.95. The lowest BCUT2D eigenvalue weighted by molar-refractivity contribution is 0.0184. The van der Waals surface area contributed by atoms with Crippen LogP contribution in [0.4, 0.5) is 5.69 Å². The van der Waals surface area contributed by atoms with Crippen molar-refractivity contribution < 1.29 is 9.53 Å². The summed E-state index contributed by atoms with van der Waals surface area (Å²) in [6.07, 6.45) is 5.19. The number of piperidine rings is 1. The van der Waals surface area contributed by atoms with Crippen LogP contribution in [-0.4, -0.2) is 29.6 Å². The quantitative estimate of drug-likeness (QED) is 0.660. The van der Waals surface area contributed by atoms with Crippen LogP contribution in [0.1, 0.15) is 48.0 Å². The molecule has 2 heterocycles. The highest BCUT2D eigenvalue weighted by Gasteiger charge is 2.49. The lowest BCUT2D eigenvalue weighted by Crippen LogP contribution is -2.60. The maximum atomic E-state index is 13.2. The molecule has 0 saturated carbocycles. The van der Waals surface area contributed by atoms with Gasteiger partial charge in [0.05, 0.1) is 29.0 Å². The SMILES string of the molecule is COc1cc(N)c(Cl)cc1C(=O)NC12CCCC(CC1)N2Cc1ccc(Cl)cc1. The largest absolute Gasteiger partial charge is 0.496 e. The third-order valence-corrected chi connectivity index (χ3v) is 6.76. The van der Waals surface area contributed by atoms with Crippen molar-refractivity contribution in [2.75, 3.05) is 12.8 Å². The Labute approximate surface area is 181 Å². The van der Waals surface area contributed by atoms with E-state index in [1.165, 1.54) is 12.7 Å². The molecule has 2 atom stereocenters. The van der Waals surface area contributed by atoms with Gasteiger partial charge >= 0.3 is 0 Å². The summed E-state index contributed by atoms with van der Waals surface area (Å²) >= 11 is 12.2. The van der Waals surface area contributed by atoms with Gasteiger partial charge in [0.2, 0.25) is 0 Å². The predicted molar refractivity (Wildman–Crippen MR) is 116 cm³/mol. The number of carbonyl (C=O) groups excluding carboxylic acids is 1. The number of halogens is 2. The molecule has 2 fully saturated rings. The van der Waals surface area contributed by atoms with Crippen LogP contribution >= 0.6 is 23.2 Å². The van der Waals surface area contributed by atoms with E-state index in [1.54, 1.807) is 12.1 Å². The van der Waals surface area contributed by atoms with Gasteiger partial charge in [-0.1, -0.05) is 35.3 Å². The number of hydrogen-bond acceptors (Lipinski definition) is 4. The Hall–Kier alpha value is -1.95. The molecule has 2 aliphatic rings. The van der Waals surface area contributed by atoms with Crippen LogP contribution in [0.3, 0.4) is 0 Å². The van der Waals surface area contributed by atoms with E-state index in [9.17, 15) is 4.79 Å². The fraction of sp³-hybridized carbons (Fsp3) is 0.409. The highest BCUT2D eigenvalue weighted by atomic mass is 35.5. The Bertz CT molecular complexity index is 915. The number of rotatable bonds is 5. The molecule has 3 N–H and O–H groups in total. The average Bonchev–Trinajstić information content (AvgIpc) is 2.88. The smallest absolute Gasteiger partial charge is 0.256 e. The molecule has 0 aromatic heterocycles. The summed E-state index contributed by atoms with van der Waals surface area (Å²) in [7, 11) is 1.52. The molecule has 1 amide bonds. The first-order valence-corrected chi connectivity index (χ1v) is 10.6. The Morgan fingerprint density at radius 2 is 2.00 bits per heavy atom. The monoisotopic (exact) mass is 433 g/mol. The van der Waals surface area contributed by atoms with E-state index < -0.39 is 0 Å². The number of nitrogens with two attached hydrogens (primary N) is 1. The van der Waals surface area contributed by atoms with E-state index >= 15 is 0 Å². The number of nitrogens with one attached hydrogen (secondary N) is 1. The summed E-state index contributed by atoms with van der Waals surface area (Å²) < 4.78 is 5.38. The summed E-state index contributed by atoms with van der Waals surface area (Å²) in [5.74, 6) is 0.239. The third-order valence-electron chi connectivity index (χ3n) is 6.19. The van der Waals surface area contributed by atoms with Crippen molar-refractivity contribution >= 4 is 34.8 Å². The van der Waals surface area contributed by atoms with Crippen LogP contribution in [0, 0.1) is 0 Å². The Morgan fingerprint density at radius 3 is 2.72 bits per heavy atom. The minimum Gasteiger partial charge on any atom is -0.496 e. The van der Waals surface area contributed by atoms with Crippen molar-refractivity contribution in [2.45, 2.75) is 50.4 Å². The molecule has 5 nitrogen and oxygen atoms in total. The fourth-order valence-electron chi connectivity index (χ4n) is 4.71. The first kappa shape index (κ1) is 20.3. The lowest BCUT2D eigenvalue weighted by Gasteiger charge is -2.45. The van der Waals surface area contributed by atoms with Crippen LogP contribution in [-0.2, 0) is 6.54 Å². The Balaban J connectivity index is 1.61. The molecule has 29 heavy (non-hydrogen) atoms.